The van der Waals surface area contributed by atoms with Crippen LogP contribution in [-0.4, -0.2) is 33.5 Å². The first-order valence-electron chi connectivity index (χ1n) is 6.21. The topological polar surface area (TPSA) is 53.7 Å². The Morgan fingerprint density at radius 2 is 2.00 bits per heavy atom. The molecule has 1 rings (SSSR count). The monoisotopic (exact) mass is 253 g/mol. The van der Waals surface area contributed by atoms with E-state index >= 15 is 0 Å². The molecule has 1 atom stereocenters. The summed E-state index contributed by atoms with van der Waals surface area (Å²) in [6.07, 6.45) is 1.65. The fourth-order valence-electron chi connectivity index (χ4n) is 1.72. The lowest BCUT2D eigenvalue weighted by atomic mass is 10.1. The summed E-state index contributed by atoms with van der Waals surface area (Å²) in [5, 5.41) is 0. The second-order valence-corrected chi connectivity index (χ2v) is 4.35. The van der Waals surface area contributed by atoms with Crippen molar-refractivity contribution in [1.82, 2.24) is 0 Å². The van der Waals surface area contributed by atoms with Crippen LogP contribution in [0.25, 0.3) is 0 Å². The fourth-order valence-corrected chi connectivity index (χ4v) is 1.72. The van der Waals surface area contributed by atoms with E-state index in [1.54, 1.807) is 14.2 Å². The van der Waals surface area contributed by atoms with Gasteiger partial charge in [0.15, 0.2) is 0 Å². The second-order valence-electron chi connectivity index (χ2n) is 4.35. The van der Waals surface area contributed by atoms with E-state index in [4.69, 9.17) is 19.9 Å². The average Bonchev–Trinajstić information content (AvgIpc) is 2.35. The van der Waals surface area contributed by atoms with E-state index in [1.807, 2.05) is 25.1 Å². The minimum atomic E-state index is 0.0958. The molecular weight excluding hydrogens is 230 g/mol. The van der Waals surface area contributed by atoms with Crippen LogP contribution in [0.1, 0.15) is 18.9 Å². The van der Waals surface area contributed by atoms with Crippen molar-refractivity contribution < 1.29 is 14.2 Å². The van der Waals surface area contributed by atoms with Gasteiger partial charge >= 0.3 is 0 Å². The third kappa shape index (κ3) is 4.94. The molecule has 1 aromatic carbocycles. The number of rotatable bonds is 8. The Kier molecular flexibility index (Phi) is 6.54. The molecule has 0 radical (unpaired) electrons. The normalized spacial score (nSPS) is 12.2. The van der Waals surface area contributed by atoms with Crippen LogP contribution in [-0.2, 0) is 11.2 Å². The van der Waals surface area contributed by atoms with Gasteiger partial charge in [-0.2, -0.15) is 0 Å². The summed E-state index contributed by atoms with van der Waals surface area (Å²) in [4.78, 5) is 0. The SMILES string of the molecule is COCCCOc1ccc(OC)cc1CC(C)N. The Bertz CT molecular complexity index is 353. The molecule has 4 heteroatoms. The first-order chi connectivity index (χ1) is 8.67. The molecule has 1 unspecified atom stereocenters. The maximum absolute atomic E-state index is 5.84. The van der Waals surface area contributed by atoms with Gasteiger partial charge in [-0.15, -0.1) is 0 Å². The standard InChI is InChI=1S/C14H23NO3/c1-11(15)9-12-10-13(17-3)5-6-14(12)18-8-4-7-16-2/h5-6,10-11H,4,7-9,15H2,1-3H3. The number of ether oxygens (including phenoxy) is 3. The van der Waals surface area contributed by atoms with E-state index in [-0.39, 0.29) is 6.04 Å². The minimum Gasteiger partial charge on any atom is -0.497 e. The molecule has 0 fully saturated rings. The molecule has 0 aliphatic rings. The Labute approximate surface area is 109 Å². The van der Waals surface area contributed by atoms with E-state index in [0.717, 1.165) is 29.9 Å². The highest BCUT2D eigenvalue weighted by Gasteiger charge is 2.08. The zero-order valence-corrected chi connectivity index (χ0v) is 11.4. The zero-order chi connectivity index (χ0) is 13.4. The van der Waals surface area contributed by atoms with Gasteiger partial charge in [0, 0.05) is 26.2 Å². The highest BCUT2D eigenvalue weighted by atomic mass is 16.5. The van der Waals surface area contributed by atoms with Crippen molar-refractivity contribution in [1.29, 1.82) is 0 Å². The van der Waals surface area contributed by atoms with Crippen LogP contribution in [0.5, 0.6) is 11.5 Å². The molecule has 0 aromatic heterocycles. The van der Waals surface area contributed by atoms with Gasteiger partial charge in [-0.3, -0.25) is 0 Å². The number of methoxy groups -OCH3 is 2. The minimum absolute atomic E-state index is 0.0958. The number of hydrogen-bond donors (Lipinski definition) is 1. The summed E-state index contributed by atoms with van der Waals surface area (Å²) < 4.78 is 16.0. The van der Waals surface area contributed by atoms with Crippen LogP contribution >= 0.6 is 0 Å². The van der Waals surface area contributed by atoms with Gasteiger partial charge in [-0.05, 0) is 37.1 Å². The molecule has 4 nitrogen and oxygen atoms in total. The van der Waals surface area contributed by atoms with Crippen LogP contribution < -0.4 is 15.2 Å². The van der Waals surface area contributed by atoms with Crippen molar-refractivity contribution in [3.8, 4) is 11.5 Å². The van der Waals surface area contributed by atoms with Crippen molar-refractivity contribution in [2.75, 3.05) is 27.4 Å². The number of nitrogens with two attached hydrogens (primary N) is 1. The maximum atomic E-state index is 5.84. The fraction of sp³-hybridized carbons (Fsp3) is 0.571. The predicted octanol–water partition coefficient (Wildman–Crippen LogP) is 2.00. The van der Waals surface area contributed by atoms with E-state index in [1.165, 1.54) is 0 Å². The van der Waals surface area contributed by atoms with Crippen molar-refractivity contribution in [3.05, 3.63) is 23.8 Å². The van der Waals surface area contributed by atoms with Crippen LogP contribution in [0, 0.1) is 0 Å². The van der Waals surface area contributed by atoms with Gasteiger partial charge in [-0.1, -0.05) is 0 Å². The van der Waals surface area contributed by atoms with E-state index in [9.17, 15) is 0 Å². The average molecular weight is 253 g/mol. The van der Waals surface area contributed by atoms with Crippen LogP contribution in [0.3, 0.4) is 0 Å². The Morgan fingerprint density at radius 1 is 1.22 bits per heavy atom. The molecule has 0 aliphatic heterocycles. The number of hydrogen-bond acceptors (Lipinski definition) is 4. The molecule has 1 aromatic rings. The highest BCUT2D eigenvalue weighted by molar-refractivity contribution is 5.40. The van der Waals surface area contributed by atoms with Crippen molar-refractivity contribution >= 4 is 0 Å². The molecular formula is C14H23NO3. The van der Waals surface area contributed by atoms with Gasteiger partial charge < -0.3 is 19.9 Å². The Hall–Kier alpha value is -1.26. The third-order valence-electron chi connectivity index (χ3n) is 2.56. The first kappa shape index (κ1) is 14.8. The van der Waals surface area contributed by atoms with E-state index < -0.39 is 0 Å². The lowest BCUT2D eigenvalue weighted by Gasteiger charge is -2.14. The summed E-state index contributed by atoms with van der Waals surface area (Å²) in [6, 6.07) is 5.91. The maximum Gasteiger partial charge on any atom is 0.122 e. The number of benzene rings is 1. The van der Waals surface area contributed by atoms with Crippen molar-refractivity contribution in [3.63, 3.8) is 0 Å². The van der Waals surface area contributed by atoms with Crippen molar-refractivity contribution in [2.45, 2.75) is 25.8 Å². The van der Waals surface area contributed by atoms with Gasteiger partial charge in [0.2, 0.25) is 0 Å². The van der Waals surface area contributed by atoms with Crippen molar-refractivity contribution in [2.24, 2.45) is 5.73 Å². The molecule has 18 heavy (non-hydrogen) atoms. The molecule has 102 valence electrons. The van der Waals surface area contributed by atoms with Gasteiger partial charge in [0.25, 0.3) is 0 Å². The largest absolute Gasteiger partial charge is 0.497 e. The van der Waals surface area contributed by atoms with Gasteiger partial charge in [0.05, 0.1) is 13.7 Å². The lowest BCUT2D eigenvalue weighted by molar-refractivity contribution is 0.171. The Morgan fingerprint density at radius 3 is 2.61 bits per heavy atom. The summed E-state index contributed by atoms with van der Waals surface area (Å²) in [5.74, 6) is 1.71. The van der Waals surface area contributed by atoms with Gasteiger partial charge in [-0.25, -0.2) is 0 Å². The summed E-state index contributed by atoms with van der Waals surface area (Å²) >= 11 is 0. The summed E-state index contributed by atoms with van der Waals surface area (Å²) in [5.41, 5.74) is 6.93. The molecule has 0 aliphatic carbocycles. The predicted molar refractivity (Wildman–Crippen MR) is 72.3 cm³/mol. The Balaban J connectivity index is 2.68. The molecule has 2 N–H and O–H groups in total. The molecule has 0 saturated carbocycles. The summed E-state index contributed by atoms with van der Waals surface area (Å²) in [7, 11) is 3.35. The second kappa shape index (κ2) is 7.95. The zero-order valence-electron chi connectivity index (χ0n) is 11.4. The highest BCUT2D eigenvalue weighted by Crippen LogP contribution is 2.25. The lowest BCUT2D eigenvalue weighted by Crippen LogP contribution is -2.18. The van der Waals surface area contributed by atoms with Gasteiger partial charge in [0.1, 0.15) is 11.5 Å². The van der Waals surface area contributed by atoms with Crippen LogP contribution in [0.15, 0.2) is 18.2 Å². The van der Waals surface area contributed by atoms with Crippen LogP contribution in [0.2, 0.25) is 0 Å². The summed E-state index contributed by atoms with van der Waals surface area (Å²) in [6.45, 7) is 3.33. The molecule has 0 heterocycles. The first-order valence-corrected chi connectivity index (χ1v) is 6.21. The molecule has 0 bridgehead atoms. The van der Waals surface area contributed by atoms with E-state index in [0.29, 0.717) is 13.2 Å². The molecule has 0 spiro atoms. The van der Waals surface area contributed by atoms with Crippen LogP contribution in [0.4, 0.5) is 0 Å². The molecule has 0 amide bonds. The molecule has 0 saturated heterocycles. The third-order valence-corrected chi connectivity index (χ3v) is 2.56. The quantitative estimate of drug-likeness (QED) is 0.720. The smallest absolute Gasteiger partial charge is 0.122 e. The van der Waals surface area contributed by atoms with E-state index in [2.05, 4.69) is 0 Å².